The van der Waals surface area contributed by atoms with Crippen molar-refractivity contribution in [3.63, 3.8) is 0 Å². The first-order valence-electron chi connectivity index (χ1n) is 11.5. The van der Waals surface area contributed by atoms with Crippen molar-refractivity contribution in [2.45, 2.75) is 46.1 Å². The lowest BCUT2D eigenvalue weighted by Gasteiger charge is -2.18. The van der Waals surface area contributed by atoms with E-state index in [1.54, 1.807) is 11.3 Å². The average Bonchev–Trinajstić information content (AvgIpc) is 3.31. The highest BCUT2D eigenvalue weighted by molar-refractivity contribution is 7.18. The molecule has 0 fully saturated rings. The molecule has 34 heavy (non-hydrogen) atoms. The molecule has 3 rings (SSSR count). The van der Waals surface area contributed by atoms with Crippen LogP contribution in [0.5, 0.6) is 5.75 Å². The first-order chi connectivity index (χ1) is 16.3. The van der Waals surface area contributed by atoms with E-state index in [4.69, 9.17) is 9.84 Å². The summed E-state index contributed by atoms with van der Waals surface area (Å²) in [5.74, 6) is -0.180. The van der Waals surface area contributed by atoms with Gasteiger partial charge in [0.15, 0.2) is 0 Å². The van der Waals surface area contributed by atoms with Crippen LogP contribution in [0.4, 0.5) is 0 Å². The van der Waals surface area contributed by atoms with E-state index < -0.39 is 5.97 Å². The number of nitrogens with zero attached hydrogens (tertiary/aromatic N) is 3. The third kappa shape index (κ3) is 6.43. The van der Waals surface area contributed by atoms with Crippen molar-refractivity contribution in [2.75, 3.05) is 20.1 Å². The van der Waals surface area contributed by atoms with Gasteiger partial charge in [0.25, 0.3) is 0 Å². The predicted octanol–water partition coefficient (Wildman–Crippen LogP) is 5.65. The molecule has 3 aromatic rings. The van der Waals surface area contributed by atoms with Gasteiger partial charge in [-0.3, -0.25) is 4.79 Å². The largest absolute Gasteiger partial charge is 0.490 e. The molecule has 2 aromatic carbocycles. The molecule has 0 atom stereocenters. The van der Waals surface area contributed by atoms with Crippen LogP contribution in [0.1, 0.15) is 43.9 Å². The summed E-state index contributed by atoms with van der Waals surface area (Å²) in [6.45, 7) is 7.39. The number of benzene rings is 2. The molecule has 0 unspecified atom stereocenters. The highest BCUT2D eigenvalue weighted by Gasteiger charge is 2.15. The first kappa shape index (κ1) is 25.4. The van der Waals surface area contributed by atoms with E-state index in [0.717, 1.165) is 34.8 Å². The summed E-state index contributed by atoms with van der Waals surface area (Å²) in [4.78, 5) is 18.6. The predicted molar refractivity (Wildman–Crippen MR) is 136 cm³/mol. The van der Waals surface area contributed by atoms with Crippen molar-refractivity contribution in [3.8, 4) is 32.8 Å². The van der Waals surface area contributed by atoms with Gasteiger partial charge in [0, 0.05) is 24.8 Å². The number of carboxylic acids is 1. The van der Waals surface area contributed by atoms with E-state index in [0.29, 0.717) is 17.9 Å². The smallest absolute Gasteiger partial charge is 0.304 e. The fourth-order valence-electron chi connectivity index (χ4n) is 3.87. The molecular weight excluding hydrogens is 446 g/mol. The Morgan fingerprint density at radius 3 is 2.74 bits per heavy atom. The molecule has 7 heteroatoms. The van der Waals surface area contributed by atoms with Crippen LogP contribution in [0.3, 0.4) is 0 Å². The number of hydrogen-bond acceptors (Lipinski definition) is 6. The van der Waals surface area contributed by atoms with E-state index in [9.17, 15) is 10.1 Å². The minimum absolute atomic E-state index is 0.00103. The molecule has 0 aliphatic rings. The van der Waals surface area contributed by atoms with Crippen molar-refractivity contribution >= 4 is 17.3 Å². The molecule has 6 nitrogen and oxygen atoms in total. The standard InChI is InChI=1S/C27H31N3O3S/c1-5-22-19(11-13-30(4)14-12-26(31)32)7-6-8-23(22)25-17-29-27(34-25)20-9-10-24(33-18(2)3)21(15-20)16-28/h6-10,15,17-18H,5,11-14H2,1-4H3,(H,31,32). The lowest BCUT2D eigenvalue weighted by Crippen LogP contribution is -2.24. The van der Waals surface area contributed by atoms with Gasteiger partial charge in [0.1, 0.15) is 16.8 Å². The van der Waals surface area contributed by atoms with Gasteiger partial charge in [-0.25, -0.2) is 4.98 Å². The Kier molecular flexibility index (Phi) is 8.80. The second-order valence-electron chi connectivity index (χ2n) is 8.51. The number of nitriles is 1. The number of thiazole rings is 1. The maximum Gasteiger partial charge on any atom is 0.304 e. The lowest BCUT2D eigenvalue weighted by atomic mass is 9.96. The summed E-state index contributed by atoms with van der Waals surface area (Å²) in [6.07, 6.45) is 3.82. The molecule has 0 aliphatic heterocycles. The monoisotopic (exact) mass is 477 g/mol. The molecule has 0 saturated carbocycles. The van der Waals surface area contributed by atoms with Gasteiger partial charge in [-0.05, 0) is 68.6 Å². The fraction of sp³-hybridized carbons (Fsp3) is 0.370. The molecule has 0 saturated heterocycles. The van der Waals surface area contributed by atoms with Crippen LogP contribution < -0.4 is 4.74 Å². The maximum atomic E-state index is 10.8. The lowest BCUT2D eigenvalue weighted by molar-refractivity contribution is -0.137. The summed E-state index contributed by atoms with van der Waals surface area (Å²) in [7, 11) is 1.96. The molecule has 0 amide bonds. The van der Waals surface area contributed by atoms with E-state index in [1.807, 2.05) is 45.3 Å². The zero-order valence-electron chi connectivity index (χ0n) is 20.2. The van der Waals surface area contributed by atoms with Crippen LogP contribution in [0.15, 0.2) is 42.6 Å². The van der Waals surface area contributed by atoms with Crippen molar-refractivity contribution in [1.29, 1.82) is 5.26 Å². The number of hydrogen-bond donors (Lipinski definition) is 1. The Morgan fingerprint density at radius 2 is 2.06 bits per heavy atom. The topological polar surface area (TPSA) is 86.5 Å². The van der Waals surface area contributed by atoms with Crippen molar-refractivity contribution in [1.82, 2.24) is 9.88 Å². The molecular formula is C27H31N3O3S. The molecule has 0 aliphatic carbocycles. The van der Waals surface area contributed by atoms with Crippen LogP contribution in [-0.4, -0.2) is 47.2 Å². The second-order valence-corrected chi connectivity index (χ2v) is 9.54. The molecule has 0 spiro atoms. The molecule has 1 aromatic heterocycles. The number of ether oxygens (including phenoxy) is 1. The van der Waals surface area contributed by atoms with Gasteiger partial charge < -0.3 is 14.7 Å². The Labute approximate surface area is 205 Å². The summed E-state index contributed by atoms with van der Waals surface area (Å²) < 4.78 is 5.74. The number of carbonyl (C=O) groups is 1. The number of likely N-dealkylation sites (N-methyl/N-ethyl adjacent to an activating group) is 1. The highest BCUT2D eigenvalue weighted by Crippen LogP contribution is 2.36. The first-order valence-corrected chi connectivity index (χ1v) is 12.3. The van der Waals surface area contributed by atoms with Gasteiger partial charge >= 0.3 is 5.97 Å². The van der Waals surface area contributed by atoms with Gasteiger partial charge in [-0.2, -0.15) is 5.26 Å². The molecule has 178 valence electrons. The Bertz CT molecular complexity index is 1180. The van der Waals surface area contributed by atoms with E-state index in [1.165, 1.54) is 16.7 Å². The third-order valence-electron chi connectivity index (χ3n) is 5.58. The van der Waals surface area contributed by atoms with Crippen molar-refractivity contribution < 1.29 is 14.6 Å². The second kappa shape index (κ2) is 11.8. The Morgan fingerprint density at radius 1 is 1.26 bits per heavy atom. The molecule has 1 heterocycles. The van der Waals surface area contributed by atoms with Gasteiger partial charge in [0.2, 0.25) is 0 Å². The van der Waals surface area contributed by atoms with Crippen LogP contribution in [-0.2, 0) is 17.6 Å². The summed E-state index contributed by atoms with van der Waals surface area (Å²) in [6, 6.07) is 14.2. The molecule has 1 N–H and O–H groups in total. The van der Waals surface area contributed by atoms with Gasteiger partial charge in [-0.15, -0.1) is 11.3 Å². The van der Waals surface area contributed by atoms with E-state index >= 15 is 0 Å². The minimum atomic E-state index is -0.770. The molecule has 0 bridgehead atoms. The number of carboxylic acid groups (broad SMARTS) is 1. The minimum Gasteiger partial charge on any atom is -0.490 e. The van der Waals surface area contributed by atoms with Crippen LogP contribution in [0.2, 0.25) is 0 Å². The van der Waals surface area contributed by atoms with E-state index in [-0.39, 0.29) is 12.5 Å². The average molecular weight is 478 g/mol. The summed E-state index contributed by atoms with van der Waals surface area (Å²) in [5, 5.41) is 19.3. The normalized spacial score (nSPS) is 11.1. The number of rotatable bonds is 11. The Hall–Kier alpha value is -3.21. The number of aliphatic carboxylic acids is 1. The summed E-state index contributed by atoms with van der Waals surface area (Å²) >= 11 is 1.61. The third-order valence-corrected chi connectivity index (χ3v) is 6.66. The summed E-state index contributed by atoms with van der Waals surface area (Å²) in [5.41, 5.74) is 5.16. The van der Waals surface area contributed by atoms with Gasteiger partial charge in [-0.1, -0.05) is 25.1 Å². The SMILES string of the molecule is CCc1c(CCN(C)CCC(=O)O)cccc1-c1cnc(-c2ccc(OC(C)C)c(C#N)c2)s1. The van der Waals surface area contributed by atoms with Crippen molar-refractivity contribution in [2.24, 2.45) is 0 Å². The van der Waals surface area contributed by atoms with Crippen LogP contribution in [0, 0.1) is 11.3 Å². The number of aromatic nitrogens is 1. The quantitative estimate of drug-likeness (QED) is 0.384. The zero-order chi connectivity index (χ0) is 24.7. The highest BCUT2D eigenvalue weighted by atomic mass is 32.1. The van der Waals surface area contributed by atoms with Crippen molar-refractivity contribution in [3.05, 3.63) is 59.3 Å². The maximum absolute atomic E-state index is 10.8. The Balaban J connectivity index is 1.83. The van der Waals surface area contributed by atoms with Crippen LogP contribution in [0.25, 0.3) is 21.0 Å². The van der Waals surface area contributed by atoms with Crippen LogP contribution >= 0.6 is 11.3 Å². The van der Waals surface area contributed by atoms with E-state index in [2.05, 4.69) is 41.1 Å². The fourth-order valence-corrected chi connectivity index (χ4v) is 4.83. The molecule has 0 radical (unpaired) electrons. The zero-order valence-corrected chi connectivity index (χ0v) is 21.0. The van der Waals surface area contributed by atoms with Gasteiger partial charge in [0.05, 0.1) is 23.0 Å².